The molecule has 130 valence electrons. The summed E-state index contributed by atoms with van der Waals surface area (Å²) in [6.45, 7) is 0. The molecule has 0 aliphatic rings. The molecule has 0 bridgehead atoms. The first-order valence-electron chi connectivity index (χ1n) is 7.21. The number of benzene rings is 2. The summed E-state index contributed by atoms with van der Waals surface area (Å²) in [6.07, 6.45) is -4.50. The second-order valence-corrected chi connectivity index (χ2v) is 6.31. The van der Waals surface area contributed by atoms with Crippen molar-refractivity contribution in [2.24, 2.45) is 0 Å². The van der Waals surface area contributed by atoms with Crippen LogP contribution >= 0.6 is 11.3 Å². The maximum Gasteiger partial charge on any atom is 0.417 e. The Bertz CT molecular complexity index is 993. The van der Waals surface area contributed by atoms with E-state index in [0.29, 0.717) is 21.6 Å². The van der Waals surface area contributed by atoms with E-state index < -0.39 is 11.7 Å². The maximum atomic E-state index is 13.3. The van der Waals surface area contributed by atoms with E-state index in [1.54, 1.807) is 6.07 Å². The van der Waals surface area contributed by atoms with Crippen molar-refractivity contribution in [3.05, 3.63) is 58.3 Å². The molecule has 0 saturated heterocycles. The van der Waals surface area contributed by atoms with Crippen LogP contribution in [0.15, 0.2) is 47.3 Å². The Hall–Kier alpha value is -2.54. The minimum absolute atomic E-state index is 0.0196. The predicted octanol–water partition coefficient (Wildman–Crippen LogP) is 4.96. The van der Waals surface area contributed by atoms with E-state index in [9.17, 15) is 18.0 Å². The second kappa shape index (κ2) is 6.40. The van der Waals surface area contributed by atoms with Gasteiger partial charge in [-0.25, -0.2) is 0 Å². The van der Waals surface area contributed by atoms with Gasteiger partial charge in [0.2, 0.25) is 0 Å². The molecule has 0 N–H and O–H groups in total. The van der Waals surface area contributed by atoms with Gasteiger partial charge in [-0.15, -0.1) is 11.3 Å². The van der Waals surface area contributed by atoms with E-state index in [-0.39, 0.29) is 15.9 Å². The molecule has 3 aromatic rings. The van der Waals surface area contributed by atoms with Crippen LogP contribution in [0.1, 0.15) is 5.56 Å². The molecule has 0 fully saturated rings. The summed E-state index contributed by atoms with van der Waals surface area (Å²) in [5.74, 6) is 0.801. The summed E-state index contributed by atoms with van der Waals surface area (Å²) in [5.41, 5.74) is -1.17. The van der Waals surface area contributed by atoms with Crippen molar-refractivity contribution in [3.8, 4) is 21.9 Å². The van der Waals surface area contributed by atoms with Crippen molar-refractivity contribution >= 4 is 21.4 Å². The van der Waals surface area contributed by atoms with Crippen LogP contribution in [0.25, 0.3) is 20.5 Å². The largest absolute Gasteiger partial charge is 0.493 e. The lowest BCUT2D eigenvalue weighted by Gasteiger charge is -2.13. The van der Waals surface area contributed by atoms with E-state index in [1.807, 2.05) is 0 Å². The summed E-state index contributed by atoms with van der Waals surface area (Å²) in [6, 6.07) is 9.56. The van der Waals surface area contributed by atoms with Gasteiger partial charge < -0.3 is 9.47 Å². The number of fused-ring (bicyclic) bond motifs is 1. The number of ether oxygens (including phenoxy) is 2. The van der Waals surface area contributed by atoms with Crippen LogP contribution in [0.3, 0.4) is 0 Å². The average molecular weight is 366 g/mol. The Kier molecular flexibility index (Phi) is 4.43. The van der Waals surface area contributed by atoms with Crippen LogP contribution in [0.4, 0.5) is 13.2 Å². The zero-order valence-electron chi connectivity index (χ0n) is 13.3. The third-order valence-electron chi connectivity index (χ3n) is 3.73. The Balaban J connectivity index is 2.28. The molecule has 0 saturated carbocycles. The number of hydrogen-bond acceptors (Lipinski definition) is 4. The van der Waals surface area contributed by atoms with Gasteiger partial charge in [0.05, 0.1) is 19.8 Å². The van der Waals surface area contributed by atoms with Gasteiger partial charge >= 0.3 is 6.18 Å². The van der Waals surface area contributed by atoms with Gasteiger partial charge in [0, 0.05) is 32.7 Å². The molecule has 3 nitrogen and oxygen atoms in total. The van der Waals surface area contributed by atoms with Crippen molar-refractivity contribution in [1.82, 2.24) is 0 Å². The van der Waals surface area contributed by atoms with Crippen molar-refractivity contribution in [3.63, 3.8) is 0 Å². The lowest BCUT2D eigenvalue weighted by atomic mass is 10.1. The molecule has 25 heavy (non-hydrogen) atoms. The Morgan fingerprint density at radius 2 is 1.60 bits per heavy atom. The van der Waals surface area contributed by atoms with E-state index >= 15 is 0 Å². The minimum atomic E-state index is -4.50. The number of halogens is 3. The molecule has 3 rings (SSSR count). The van der Waals surface area contributed by atoms with Crippen molar-refractivity contribution in [2.75, 3.05) is 14.2 Å². The fourth-order valence-corrected chi connectivity index (χ4v) is 3.69. The number of alkyl halides is 3. The third kappa shape index (κ3) is 3.19. The van der Waals surface area contributed by atoms with Gasteiger partial charge in [-0.3, -0.25) is 4.79 Å². The van der Waals surface area contributed by atoms with Gasteiger partial charge in [0.1, 0.15) is 0 Å². The Morgan fingerprint density at radius 1 is 0.960 bits per heavy atom. The number of methoxy groups -OCH3 is 2. The van der Waals surface area contributed by atoms with Gasteiger partial charge in [-0.2, -0.15) is 13.2 Å². The van der Waals surface area contributed by atoms with Gasteiger partial charge in [0.25, 0.3) is 0 Å². The summed E-state index contributed by atoms with van der Waals surface area (Å²) in [7, 11) is 2.90. The summed E-state index contributed by atoms with van der Waals surface area (Å²) >= 11 is 1.10. The molecule has 0 aliphatic carbocycles. The molecule has 0 unspecified atom stereocenters. The SMILES string of the molecule is COc1cc2sc(-c3ccccc3C(F)(F)F)cc(=O)c2cc1OC. The average Bonchev–Trinajstić information content (AvgIpc) is 2.59. The topological polar surface area (TPSA) is 35.5 Å². The van der Waals surface area contributed by atoms with E-state index in [1.165, 1.54) is 44.6 Å². The first-order chi connectivity index (χ1) is 11.8. The number of hydrogen-bond donors (Lipinski definition) is 0. The van der Waals surface area contributed by atoms with Crippen LogP contribution in [0, 0.1) is 0 Å². The summed E-state index contributed by atoms with van der Waals surface area (Å²) < 4.78 is 50.7. The molecule has 0 amide bonds. The number of rotatable bonds is 3. The van der Waals surface area contributed by atoms with Crippen LogP contribution in [-0.4, -0.2) is 14.2 Å². The molecular weight excluding hydrogens is 353 g/mol. The maximum absolute atomic E-state index is 13.3. The highest BCUT2D eigenvalue weighted by molar-refractivity contribution is 7.21. The molecule has 2 aromatic carbocycles. The van der Waals surface area contributed by atoms with Gasteiger partial charge in [0.15, 0.2) is 16.9 Å². The van der Waals surface area contributed by atoms with Crippen molar-refractivity contribution in [2.45, 2.75) is 6.18 Å². The van der Waals surface area contributed by atoms with Crippen LogP contribution in [-0.2, 0) is 6.18 Å². The minimum Gasteiger partial charge on any atom is -0.493 e. The Morgan fingerprint density at radius 3 is 2.24 bits per heavy atom. The summed E-state index contributed by atoms with van der Waals surface area (Å²) in [4.78, 5) is 12.7. The van der Waals surface area contributed by atoms with E-state index in [2.05, 4.69) is 0 Å². The van der Waals surface area contributed by atoms with E-state index in [0.717, 1.165) is 17.4 Å². The zero-order valence-corrected chi connectivity index (χ0v) is 14.1. The lowest BCUT2D eigenvalue weighted by Crippen LogP contribution is -2.07. The second-order valence-electron chi connectivity index (χ2n) is 5.22. The fraction of sp³-hybridized carbons (Fsp3) is 0.167. The first kappa shape index (κ1) is 17.3. The smallest absolute Gasteiger partial charge is 0.417 e. The van der Waals surface area contributed by atoms with Crippen LogP contribution in [0.5, 0.6) is 11.5 Å². The molecule has 0 aliphatic heterocycles. The molecule has 7 heteroatoms. The highest BCUT2D eigenvalue weighted by Crippen LogP contribution is 2.40. The lowest BCUT2D eigenvalue weighted by molar-refractivity contribution is -0.137. The fourth-order valence-electron chi connectivity index (χ4n) is 2.56. The molecule has 1 aromatic heterocycles. The molecule has 1 heterocycles. The standard InChI is InChI=1S/C18H13F3O3S/c1-23-14-7-11-13(22)8-16(25-17(11)9-15(14)24-2)10-5-3-4-6-12(10)18(19,20)21/h3-9H,1-2H3. The van der Waals surface area contributed by atoms with Crippen molar-refractivity contribution in [1.29, 1.82) is 0 Å². The predicted molar refractivity (Wildman–Crippen MR) is 91.6 cm³/mol. The highest BCUT2D eigenvalue weighted by atomic mass is 32.1. The molecule has 0 radical (unpaired) electrons. The normalized spacial score (nSPS) is 11.6. The Labute approximate surface area is 145 Å². The molecular formula is C18H13F3O3S. The van der Waals surface area contributed by atoms with Gasteiger partial charge in [-0.05, 0) is 12.1 Å². The van der Waals surface area contributed by atoms with Crippen LogP contribution in [0.2, 0.25) is 0 Å². The van der Waals surface area contributed by atoms with Crippen LogP contribution < -0.4 is 14.9 Å². The molecule has 0 atom stereocenters. The highest BCUT2D eigenvalue weighted by Gasteiger charge is 2.33. The quantitative estimate of drug-likeness (QED) is 0.657. The van der Waals surface area contributed by atoms with Gasteiger partial charge in [-0.1, -0.05) is 18.2 Å². The zero-order chi connectivity index (χ0) is 18.2. The monoisotopic (exact) mass is 366 g/mol. The van der Waals surface area contributed by atoms with E-state index in [4.69, 9.17) is 9.47 Å². The first-order valence-corrected chi connectivity index (χ1v) is 8.03. The summed E-state index contributed by atoms with van der Waals surface area (Å²) in [5, 5.41) is 0.371. The third-order valence-corrected chi connectivity index (χ3v) is 4.85. The molecule has 0 spiro atoms. The van der Waals surface area contributed by atoms with Crippen molar-refractivity contribution < 1.29 is 22.6 Å².